The molecule has 0 atom stereocenters. The molecule has 1 aromatic carbocycles. The number of hydrogen-bond donors (Lipinski definition) is 1. The highest BCUT2D eigenvalue weighted by Crippen LogP contribution is 2.27. The van der Waals surface area contributed by atoms with Crippen LogP contribution < -0.4 is 4.89 Å². The van der Waals surface area contributed by atoms with E-state index >= 15 is 0 Å². The molecule has 0 saturated carbocycles. The maximum Gasteiger partial charge on any atom is 0.207 e. The minimum absolute atomic E-state index is 0.114. The van der Waals surface area contributed by atoms with Crippen molar-refractivity contribution in [2.45, 2.75) is 51.9 Å². The maximum absolute atomic E-state index is 9.53. The van der Waals surface area contributed by atoms with Crippen molar-refractivity contribution < 1.29 is 14.9 Å². The minimum Gasteiger partial charge on any atom is -0.504 e. The van der Waals surface area contributed by atoms with Crippen molar-refractivity contribution in [2.24, 2.45) is 0 Å². The first-order valence-electron chi connectivity index (χ1n) is 6.80. The number of phenolic OH excluding ortho intramolecular Hbond substituents is 1. The molecule has 0 amide bonds. The summed E-state index contributed by atoms with van der Waals surface area (Å²) in [4.78, 5) is 9.46. The van der Waals surface area contributed by atoms with Crippen LogP contribution in [0.15, 0.2) is 18.2 Å². The van der Waals surface area contributed by atoms with Crippen molar-refractivity contribution in [1.29, 1.82) is 0 Å². The maximum atomic E-state index is 9.53. The summed E-state index contributed by atoms with van der Waals surface area (Å²) in [6.45, 7) is 2.23. The average Bonchev–Trinajstić information content (AvgIpc) is 2.37. The van der Waals surface area contributed by atoms with Gasteiger partial charge in [0, 0.05) is 0 Å². The molecule has 1 aromatic rings. The highest BCUT2D eigenvalue weighted by Gasteiger charge is 2.04. The van der Waals surface area contributed by atoms with E-state index in [4.69, 9.17) is 4.89 Å². The molecular formula is C15H24O3. The third-order valence-electron chi connectivity index (χ3n) is 3.02. The molecule has 0 aromatic heterocycles. The van der Waals surface area contributed by atoms with Crippen LogP contribution >= 0.6 is 0 Å². The largest absolute Gasteiger partial charge is 0.504 e. The van der Waals surface area contributed by atoms with Crippen LogP contribution in [0.4, 0.5) is 0 Å². The molecule has 0 saturated heterocycles. The van der Waals surface area contributed by atoms with Gasteiger partial charge in [-0.2, -0.15) is 4.89 Å². The van der Waals surface area contributed by atoms with E-state index in [1.807, 2.05) is 12.1 Å². The Labute approximate surface area is 110 Å². The quantitative estimate of drug-likeness (QED) is 0.406. The van der Waals surface area contributed by atoms with Gasteiger partial charge in [-0.05, 0) is 30.5 Å². The molecule has 18 heavy (non-hydrogen) atoms. The zero-order chi connectivity index (χ0) is 13.2. The number of rotatable bonds is 9. The van der Waals surface area contributed by atoms with Gasteiger partial charge in [0.1, 0.15) is 0 Å². The van der Waals surface area contributed by atoms with Crippen molar-refractivity contribution in [3.63, 3.8) is 0 Å². The third kappa shape index (κ3) is 5.41. The smallest absolute Gasteiger partial charge is 0.207 e. The minimum atomic E-state index is 0.114. The SMILES string of the molecule is CCCCCCCCc1ccc(O)c(OOC)c1. The molecule has 0 fully saturated rings. The Morgan fingerprint density at radius 1 is 1.06 bits per heavy atom. The van der Waals surface area contributed by atoms with Gasteiger partial charge in [0.25, 0.3) is 0 Å². The molecule has 0 heterocycles. The molecule has 0 aliphatic rings. The number of benzene rings is 1. The van der Waals surface area contributed by atoms with Gasteiger partial charge >= 0.3 is 0 Å². The summed E-state index contributed by atoms with van der Waals surface area (Å²) >= 11 is 0. The lowest BCUT2D eigenvalue weighted by atomic mass is 10.0. The normalized spacial score (nSPS) is 10.6. The van der Waals surface area contributed by atoms with E-state index in [0.29, 0.717) is 5.75 Å². The molecule has 0 aliphatic heterocycles. The Hall–Kier alpha value is -1.22. The first kappa shape index (κ1) is 14.8. The van der Waals surface area contributed by atoms with Crippen molar-refractivity contribution >= 4 is 0 Å². The fourth-order valence-electron chi connectivity index (χ4n) is 1.98. The van der Waals surface area contributed by atoms with Crippen molar-refractivity contribution in [1.82, 2.24) is 0 Å². The van der Waals surface area contributed by atoms with Gasteiger partial charge in [-0.25, -0.2) is 0 Å². The van der Waals surface area contributed by atoms with Crippen LogP contribution in [0.1, 0.15) is 51.0 Å². The molecule has 3 nitrogen and oxygen atoms in total. The summed E-state index contributed by atoms with van der Waals surface area (Å²) in [6, 6.07) is 5.43. The number of unbranched alkanes of at least 4 members (excludes halogenated alkanes) is 5. The monoisotopic (exact) mass is 252 g/mol. The lowest BCUT2D eigenvalue weighted by molar-refractivity contribution is -0.179. The van der Waals surface area contributed by atoms with E-state index in [9.17, 15) is 5.11 Å². The van der Waals surface area contributed by atoms with Gasteiger partial charge in [-0.1, -0.05) is 45.1 Å². The van der Waals surface area contributed by atoms with Crippen molar-refractivity contribution in [3.8, 4) is 11.5 Å². The van der Waals surface area contributed by atoms with E-state index in [0.717, 1.165) is 6.42 Å². The fraction of sp³-hybridized carbons (Fsp3) is 0.600. The van der Waals surface area contributed by atoms with Gasteiger partial charge in [0.15, 0.2) is 5.75 Å². The van der Waals surface area contributed by atoms with E-state index in [1.165, 1.54) is 51.2 Å². The Morgan fingerprint density at radius 3 is 2.50 bits per heavy atom. The Morgan fingerprint density at radius 2 is 1.78 bits per heavy atom. The second-order valence-electron chi connectivity index (χ2n) is 4.57. The summed E-state index contributed by atoms with van der Waals surface area (Å²) in [5, 5.41) is 9.53. The molecule has 1 N–H and O–H groups in total. The molecular weight excluding hydrogens is 228 g/mol. The molecule has 0 spiro atoms. The highest BCUT2D eigenvalue weighted by molar-refractivity contribution is 5.41. The second-order valence-corrected chi connectivity index (χ2v) is 4.57. The van der Waals surface area contributed by atoms with Gasteiger partial charge in [0.05, 0.1) is 7.11 Å². The molecule has 0 radical (unpaired) electrons. The summed E-state index contributed by atoms with van der Waals surface area (Å²) in [5.41, 5.74) is 1.18. The first-order chi connectivity index (χ1) is 8.77. The predicted molar refractivity (Wildman–Crippen MR) is 72.8 cm³/mol. The summed E-state index contributed by atoms with van der Waals surface area (Å²) in [5.74, 6) is 0.504. The Kier molecular flexibility index (Phi) is 7.26. The van der Waals surface area contributed by atoms with E-state index in [-0.39, 0.29) is 5.75 Å². The van der Waals surface area contributed by atoms with E-state index in [2.05, 4.69) is 11.8 Å². The van der Waals surface area contributed by atoms with Crippen molar-refractivity contribution in [3.05, 3.63) is 23.8 Å². The summed E-state index contributed by atoms with van der Waals surface area (Å²) < 4.78 is 0. The zero-order valence-corrected chi connectivity index (χ0v) is 11.4. The molecule has 0 aliphatic carbocycles. The van der Waals surface area contributed by atoms with Crippen LogP contribution in [0.2, 0.25) is 0 Å². The van der Waals surface area contributed by atoms with E-state index < -0.39 is 0 Å². The molecule has 3 heteroatoms. The zero-order valence-electron chi connectivity index (χ0n) is 11.4. The van der Waals surface area contributed by atoms with E-state index in [1.54, 1.807) is 6.07 Å². The molecule has 1 rings (SSSR count). The van der Waals surface area contributed by atoms with Crippen LogP contribution in [-0.2, 0) is 11.3 Å². The summed E-state index contributed by atoms with van der Waals surface area (Å²) in [6.07, 6.45) is 8.74. The fourth-order valence-corrected chi connectivity index (χ4v) is 1.98. The van der Waals surface area contributed by atoms with Gasteiger partial charge in [-0.3, -0.25) is 0 Å². The number of phenols is 1. The molecule has 102 valence electrons. The van der Waals surface area contributed by atoms with Gasteiger partial charge in [0.2, 0.25) is 5.75 Å². The second kappa shape index (κ2) is 8.81. The number of aromatic hydroxyl groups is 1. The Bertz CT molecular complexity index is 337. The first-order valence-corrected chi connectivity index (χ1v) is 6.80. The number of hydrogen-bond acceptors (Lipinski definition) is 3. The van der Waals surface area contributed by atoms with Crippen LogP contribution in [0.3, 0.4) is 0 Å². The highest BCUT2D eigenvalue weighted by atomic mass is 17.2. The molecule has 0 unspecified atom stereocenters. The average molecular weight is 252 g/mol. The van der Waals surface area contributed by atoms with Gasteiger partial charge < -0.3 is 9.99 Å². The summed E-state index contributed by atoms with van der Waals surface area (Å²) in [7, 11) is 1.43. The van der Waals surface area contributed by atoms with Crippen molar-refractivity contribution in [2.75, 3.05) is 7.11 Å². The lowest BCUT2D eigenvalue weighted by Crippen LogP contribution is -1.93. The van der Waals surface area contributed by atoms with Crippen LogP contribution in [0, 0.1) is 0 Å². The van der Waals surface area contributed by atoms with Crippen LogP contribution in [0.5, 0.6) is 11.5 Å². The number of aryl methyl sites for hydroxylation is 1. The van der Waals surface area contributed by atoms with Gasteiger partial charge in [-0.15, -0.1) is 0 Å². The van der Waals surface area contributed by atoms with Crippen LogP contribution in [-0.4, -0.2) is 12.2 Å². The van der Waals surface area contributed by atoms with Crippen LogP contribution in [0.25, 0.3) is 0 Å². The topological polar surface area (TPSA) is 38.7 Å². The standard InChI is InChI=1S/C15H24O3/c1-3-4-5-6-7-8-9-13-10-11-14(16)15(12-13)18-17-2/h10-12,16H,3-9H2,1-2H3. The Balaban J connectivity index is 2.31. The lowest BCUT2D eigenvalue weighted by Gasteiger charge is -2.07. The third-order valence-corrected chi connectivity index (χ3v) is 3.02. The molecule has 0 bridgehead atoms. The predicted octanol–water partition coefficient (Wildman–Crippen LogP) is 4.24.